The van der Waals surface area contributed by atoms with Crippen LogP contribution in [0, 0.1) is 34.8 Å². The molecular weight excluding hydrogens is 458 g/mol. The van der Waals surface area contributed by atoms with Crippen LogP contribution >= 0.6 is 11.3 Å². The van der Waals surface area contributed by atoms with Gasteiger partial charge in [0.1, 0.15) is 22.6 Å². The number of nitrogens with zero attached hydrogens (tertiary/aromatic N) is 1. The summed E-state index contributed by atoms with van der Waals surface area (Å²) >= 11 is 1.24. The molecule has 1 saturated carbocycles. The van der Waals surface area contributed by atoms with Gasteiger partial charge >= 0.3 is 5.97 Å². The lowest BCUT2D eigenvalue weighted by molar-refractivity contribution is -0.149. The Bertz CT molecular complexity index is 1210. The van der Waals surface area contributed by atoms with Crippen LogP contribution in [0.3, 0.4) is 0 Å². The van der Waals surface area contributed by atoms with Gasteiger partial charge in [-0.3, -0.25) is 9.52 Å². The minimum absolute atomic E-state index is 0.0216. The highest BCUT2D eigenvalue weighted by molar-refractivity contribution is 7.93. The number of carbonyl (C=O) groups is 1. The summed E-state index contributed by atoms with van der Waals surface area (Å²) in [6.45, 7) is 6.19. The Labute approximate surface area is 189 Å². The van der Waals surface area contributed by atoms with E-state index in [0.29, 0.717) is 6.07 Å². The molecule has 2 aliphatic carbocycles. The normalized spacial score (nSPS) is 33.8. The number of hydrogen-bond donors (Lipinski definition) is 1. The van der Waals surface area contributed by atoms with Gasteiger partial charge < -0.3 is 4.74 Å². The molecule has 32 heavy (non-hydrogen) atoms. The van der Waals surface area contributed by atoms with Crippen molar-refractivity contribution >= 4 is 32.5 Å². The largest absolute Gasteiger partial charge is 0.461 e. The van der Waals surface area contributed by atoms with Crippen molar-refractivity contribution in [3.63, 3.8) is 0 Å². The molecule has 6 atom stereocenters. The number of aromatic nitrogens is 1. The molecule has 6 nitrogen and oxygen atoms in total. The number of nitrogens with one attached hydrogen (secondary N) is 1. The van der Waals surface area contributed by atoms with E-state index < -0.39 is 26.6 Å². The molecule has 1 N–H and O–H groups in total. The summed E-state index contributed by atoms with van der Waals surface area (Å²) in [5, 5.41) is 0.154. The monoisotopic (exact) mass is 482 g/mol. The summed E-state index contributed by atoms with van der Waals surface area (Å²) in [6, 6.07) is 2.34. The first kappa shape index (κ1) is 21.8. The maximum absolute atomic E-state index is 14.1. The molecule has 10 heteroatoms. The van der Waals surface area contributed by atoms with Gasteiger partial charge in [-0.05, 0) is 36.8 Å². The highest BCUT2D eigenvalue weighted by Gasteiger charge is 2.58. The number of hydrogen-bond acceptors (Lipinski definition) is 6. The van der Waals surface area contributed by atoms with E-state index in [4.69, 9.17) is 4.74 Å². The second-order valence-electron chi connectivity index (χ2n) is 9.55. The Kier molecular flexibility index (Phi) is 4.91. The van der Waals surface area contributed by atoms with Crippen LogP contribution in [0.4, 0.5) is 13.9 Å². The first-order chi connectivity index (χ1) is 15.0. The highest BCUT2D eigenvalue weighted by Crippen LogP contribution is 2.59. The summed E-state index contributed by atoms with van der Waals surface area (Å²) in [7, 11) is -4.26. The van der Waals surface area contributed by atoms with Gasteiger partial charge in [-0.15, -0.1) is 11.3 Å². The predicted molar refractivity (Wildman–Crippen MR) is 115 cm³/mol. The number of fused-ring (bicyclic) bond motifs is 4. The number of sulfonamides is 1. The van der Waals surface area contributed by atoms with Crippen molar-refractivity contribution < 1.29 is 26.7 Å². The molecule has 1 aromatic heterocycles. The van der Waals surface area contributed by atoms with Crippen molar-refractivity contribution in [2.45, 2.75) is 57.0 Å². The van der Waals surface area contributed by atoms with Gasteiger partial charge in [0.25, 0.3) is 10.0 Å². The van der Waals surface area contributed by atoms with Crippen LogP contribution in [-0.2, 0) is 26.0 Å². The van der Waals surface area contributed by atoms with Crippen LogP contribution < -0.4 is 4.72 Å². The molecule has 1 aliphatic heterocycles. The van der Waals surface area contributed by atoms with Crippen LogP contribution in [0.2, 0.25) is 0 Å². The lowest BCUT2D eigenvalue weighted by Crippen LogP contribution is -2.50. The van der Waals surface area contributed by atoms with Crippen LogP contribution in [0.25, 0.3) is 0 Å². The smallest absolute Gasteiger partial charge is 0.309 e. The third-order valence-electron chi connectivity index (χ3n) is 7.56. The van der Waals surface area contributed by atoms with Crippen LogP contribution in [0.15, 0.2) is 23.1 Å². The number of halogens is 2. The van der Waals surface area contributed by atoms with Gasteiger partial charge in [0.15, 0.2) is 5.13 Å². The van der Waals surface area contributed by atoms with E-state index in [1.165, 1.54) is 11.3 Å². The molecule has 0 amide bonds. The van der Waals surface area contributed by atoms with E-state index in [2.05, 4.69) is 23.6 Å². The van der Waals surface area contributed by atoms with Crippen LogP contribution in [-0.4, -0.2) is 25.5 Å². The maximum Gasteiger partial charge on any atom is 0.309 e. The highest BCUT2D eigenvalue weighted by atomic mass is 32.2. The summed E-state index contributed by atoms with van der Waals surface area (Å²) < 4.78 is 60.8. The molecule has 5 rings (SSSR count). The third kappa shape index (κ3) is 3.25. The number of benzene rings is 1. The summed E-state index contributed by atoms with van der Waals surface area (Å²) in [5.41, 5.74) is 0.718. The zero-order valence-corrected chi connectivity index (χ0v) is 19.5. The fourth-order valence-electron chi connectivity index (χ4n) is 5.99. The summed E-state index contributed by atoms with van der Waals surface area (Å²) in [4.78, 5) is 17.2. The van der Waals surface area contributed by atoms with Gasteiger partial charge in [0.2, 0.25) is 0 Å². The van der Waals surface area contributed by atoms with E-state index in [-0.39, 0.29) is 46.3 Å². The Balaban J connectivity index is 1.46. The molecule has 0 unspecified atom stereocenters. The fraction of sp³-hybridized carbons (Fsp3) is 0.545. The number of esters is 1. The van der Waals surface area contributed by atoms with E-state index in [1.807, 2.05) is 6.92 Å². The topological polar surface area (TPSA) is 85.4 Å². The lowest BCUT2D eigenvalue weighted by Gasteiger charge is -2.51. The maximum atomic E-state index is 14.1. The predicted octanol–water partition coefficient (Wildman–Crippen LogP) is 4.48. The number of anilines is 1. The Morgan fingerprint density at radius 2 is 2.00 bits per heavy atom. The SMILES string of the molecule is C[C@@H]1C(=O)O[C@@H]2[C@H]1CC[C@]1(C)Cc3sc(NS(=O)(=O)c4ccc(F)cc4F)nc3[C@H](C)[C@H]21. The molecule has 2 fully saturated rings. The molecule has 0 radical (unpaired) electrons. The van der Waals surface area contributed by atoms with Gasteiger partial charge in [-0.1, -0.05) is 20.8 Å². The molecule has 2 aromatic rings. The van der Waals surface area contributed by atoms with Crippen LogP contribution in [0.1, 0.15) is 50.1 Å². The molecule has 3 aliphatic rings. The first-order valence-corrected chi connectivity index (χ1v) is 13.0. The van der Waals surface area contributed by atoms with E-state index in [9.17, 15) is 22.0 Å². The molecule has 1 saturated heterocycles. The zero-order chi connectivity index (χ0) is 23.0. The van der Waals surface area contributed by atoms with Crippen molar-refractivity contribution in [1.82, 2.24) is 4.98 Å². The average Bonchev–Trinajstić information content (AvgIpc) is 3.20. The average molecular weight is 483 g/mol. The van der Waals surface area contributed by atoms with Crippen molar-refractivity contribution in [2.24, 2.45) is 23.2 Å². The number of rotatable bonds is 3. The quantitative estimate of drug-likeness (QED) is 0.653. The second-order valence-corrected chi connectivity index (χ2v) is 12.3. The van der Waals surface area contributed by atoms with Crippen molar-refractivity contribution in [3.05, 3.63) is 40.4 Å². The van der Waals surface area contributed by atoms with Crippen molar-refractivity contribution in [2.75, 3.05) is 4.72 Å². The summed E-state index contributed by atoms with van der Waals surface area (Å²) in [5.74, 6) is -1.99. The minimum Gasteiger partial charge on any atom is -0.461 e. The summed E-state index contributed by atoms with van der Waals surface area (Å²) in [6.07, 6.45) is 2.45. The first-order valence-electron chi connectivity index (χ1n) is 10.7. The lowest BCUT2D eigenvalue weighted by atomic mass is 9.54. The van der Waals surface area contributed by atoms with Gasteiger partial charge in [0, 0.05) is 28.7 Å². The minimum atomic E-state index is -4.26. The van der Waals surface area contributed by atoms with E-state index in [1.54, 1.807) is 0 Å². The van der Waals surface area contributed by atoms with Gasteiger partial charge in [-0.25, -0.2) is 22.2 Å². The molecular formula is C22H24F2N2O4S2. The van der Waals surface area contributed by atoms with Crippen LogP contribution in [0.5, 0.6) is 0 Å². The van der Waals surface area contributed by atoms with E-state index >= 15 is 0 Å². The third-order valence-corrected chi connectivity index (χ3v) is 10.1. The Hall–Kier alpha value is -2.07. The standard InChI is InChI=1S/C22H24F2N2O4S2/c1-10-13-6-7-22(3)9-15-18(11(2)17(22)19(13)30-20(10)27)25-21(31-15)26-32(28,29)16-5-4-12(23)8-14(16)24/h4-5,8,10-11,13,17,19H,6-7,9H2,1-3H3,(H,25,26)/t10-,11+,13-,17+,19+,22+/m0/s1. The second kappa shape index (κ2) is 7.21. The van der Waals surface area contributed by atoms with Crippen molar-refractivity contribution in [3.8, 4) is 0 Å². The van der Waals surface area contributed by atoms with Gasteiger partial charge in [-0.2, -0.15) is 0 Å². The molecule has 0 spiro atoms. The van der Waals surface area contributed by atoms with Gasteiger partial charge in [0.05, 0.1) is 11.6 Å². The Morgan fingerprint density at radius 3 is 2.72 bits per heavy atom. The van der Waals surface area contributed by atoms with E-state index in [0.717, 1.165) is 42.0 Å². The number of ether oxygens (including phenoxy) is 1. The number of carbonyl (C=O) groups excluding carboxylic acids is 1. The Morgan fingerprint density at radius 1 is 1.25 bits per heavy atom. The molecule has 0 bridgehead atoms. The van der Waals surface area contributed by atoms with Crippen molar-refractivity contribution in [1.29, 1.82) is 0 Å². The molecule has 172 valence electrons. The zero-order valence-electron chi connectivity index (χ0n) is 17.9. The molecule has 2 heterocycles. The molecule has 1 aromatic carbocycles. The fourth-order valence-corrected chi connectivity index (χ4v) is 8.55. The number of thiazole rings is 1.